The first-order chi connectivity index (χ1) is 44.0. The van der Waals surface area contributed by atoms with E-state index in [1.165, 1.54) is 98.1 Å². The average Bonchev–Trinajstić information content (AvgIpc) is 0.938. The van der Waals surface area contributed by atoms with E-state index in [0.29, 0.717) is 23.7 Å². The van der Waals surface area contributed by atoms with Crippen molar-refractivity contribution in [3.63, 3.8) is 0 Å². The summed E-state index contributed by atoms with van der Waals surface area (Å²) in [6.45, 7) is 6.84. The molecule has 0 spiro atoms. The van der Waals surface area contributed by atoms with Gasteiger partial charge in [-0.25, -0.2) is 56.9 Å². The summed E-state index contributed by atoms with van der Waals surface area (Å²) >= 11 is 0. The van der Waals surface area contributed by atoms with E-state index in [-0.39, 0.29) is 104 Å². The lowest BCUT2D eigenvalue weighted by molar-refractivity contribution is 0.0168. The number of ether oxygens (including phenoxy) is 1. The number of carbonyl (C=O) groups is 4. The van der Waals surface area contributed by atoms with Gasteiger partial charge in [-0.3, -0.25) is 19.3 Å². The highest BCUT2D eigenvalue weighted by molar-refractivity contribution is 6.01. The lowest BCUT2D eigenvalue weighted by atomic mass is 10.1. The van der Waals surface area contributed by atoms with Crippen LogP contribution >= 0.6 is 0 Å². The van der Waals surface area contributed by atoms with Gasteiger partial charge in [0.2, 0.25) is 0 Å². The van der Waals surface area contributed by atoms with Gasteiger partial charge >= 0.3 is 11.9 Å². The fourth-order valence-corrected chi connectivity index (χ4v) is 7.82. The molecule has 2 aromatic heterocycles. The number of aryl methyl sites for hydroxylation is 4. The van der Waals surface area contributed by atoms with Crippen LogP contribution in [0, 0.1) is 114 Å². The highest BCUT2D eigenvalue weighted by atomic mass is 19.1. The Kier molecular flexibility index (Phi) is 24.8. The number of methoxy groups -OCH3 is 1. The number of aromatic carboxylic acids is 1. The number of anilines is 8. The quantitative estimate of drug-likeness (QED) is 0.0171. The molecule has 0 unspecified atom stereocenters. The molecule has 1 fully saturated rings. The van der Waals surface area contributed by atoms with Crippen LogP contribution in [0.25, 0.3) is 0 Å². The first-order valence-corrected chi connectivity index (χ1v) is 27.2. The van der Waals surface area contributed by atoms with Crippen molar-refractivity contribution in [2.24, 2.45) is 5.92 Å². The molecule has 0 bridgehead atoms. The van der Waals surface area contributed by atoms with Crippen molar-refractivity contribution in [1.82, 2.24) is 20.9 Å². The number of nitrogens with zero attached hydrogens (tertiary/aromatic N) is 6. The molecular weight excluding hydrogens is 1210 g/mol. The van der Waals surface area contributed by atoms with Gasteiger partial charge in [0, 0.05) is 0 Å². The molecule has 27 heteroatoms. The van der Waals surface area contributed by atoms with Crippen LogP contribution in [0.3, 0.4) is 0 Å². The standard InChI is InChI=1S/C19H17F2N3O2.C17H15F2N3O3.C15H12FN3O2.C14H10FN3O2/c1-11-2-7-16(15(20)8-11)23-18-14(6-5-13(9-22)17(18)21)19(25)24-26-10-12-3-4-12;1-10-2-5-14(13(18)8-10)21-16-12(17(24)22-25-7-6-23)4-3-11(9-20)15(16)19;1-9-3-6-13(12(16)7-9)19-14-11(15(20)21-2)5-4-10(8-17)18-14;1-8-2-5-12(11(15)6-8)18-13-10(14(19)20)4-3-9(7-16)17-13/h2,5-8,12,23H,3-4,10H2,1H3,(H,24,25);2-5,8,21,23H,6-7H2,1H3,(H,22,24);3-7H,1-2H3,(H,18,19);2-6H,1H3,(H,17,18)(H,19,20). The third-order valence-corrected chi connectivity index (χ3v) is 12.7. The third kappa shape index (κ3) is 19.1. The van der Waals surface area contributed by atoms with Gasteiger partial charge in [-0.05, 0) is 166 Å². The molecule has 1 saturated carbocycles. The highest BCUT2D eigenvalue weighted by Crippen LogP contribution is 2.32. The van der Waals surface area contributed by atoms with Gasteiger partial charge in [0.05, 0.1) is 83.3 Å². The zero-order chi connectivity index (χ0) is 67.2. The summed E-state index contributed by atoms with van der Waals surface area (Å²) in [5, 5.41) is 63.8. The number of hydrogen-bond acceptors (Lipinski definition) is 18. The van der Waals surface area contributed by atoms with Gasteiger partial charge < -0.3 is 36.2 Å². The SMILES string of the molecule is COC(=O)c1ccc(C#N)nc1Nc1ccc(C)cc1F.Cc1ccc(Nc2c(C(=O)NOCC3CC3)ccc(C#N)c2F)c(F)c1.Cc1ccc(Nc2c(C(=O)NOCCO)ccc(C#N)c2F)c(F)c1.Cc1ccc(Nc2nc(C#N)ccc2C(=O)O)c(F)c1. The number of nitriles is 4. The van der Waals surface area contributed by atoms with Crippen LogP contribution in [0.15, 0.2) is 121 Å². The number of rotatable bonds is 18. The van der Waals surface area contributed by atoms with Gasteiger partial charge in [0.15, 0.2) is 11.6 Å². The summed E-state index contributed by atoms with van der Waals surface area (Å²) in [5.41, 5.74) is 6.06. The molecule has 21 nitrogen and oxygen atoms in total. The number of benzene rings is 6. The first kappa shape index (κ1) is 69.2. The van der Waals surface area contributed by atoms with Crippen molar-refractivity contribution in [2.75, 3.05) is 48.2 Å². The van der Waals surface area contributed by atoms with Crippen molar-refractivity contribution in [3.05, 3.63) is 223 Å². The lowest BCUT2D eigenvalue weighted by Gasteiger charge is -2.15. The summed E-state index contributed by atoms with van der Waals surface area (Å²) < 4.78 is 89.5. The second-order valence-electron chi connectivity index (χ2n) is 19.8. The molecule has 0 aliphatic heterocycles. The van der Waals surface area contributed by atoms with E-state index in [1.807, 2.05) is 11.5 Å². The van der Waals surface area contributed by atoms with Crippen LogP contribution in [0.2, 0.25) is 0 Å². The van der Waals surface area contributed by atoms with E-state index in [1.54, 1.807) is 70.2 Å². The number of halogens is 6. The maximum atomic E-state index is 14.6. The minimum atomic E-state index is -1.21. The second kappa shape index (κ2) is 32.9. The Bertz CT molecular complexity index is 4260. The number of aliphatic hydroxyl groups excluding tert-OH is 1. The maximum Gasteiger partial charge on any atom is 0.341 e. The van der Waals surface area contributed by atoms with Crippen LogP contribution in [-0.4, -0.2) is 70.9 Å². The number of aromatic nitrogens is 2. The minimum absolute atomic E-state index is 0.00228. The molecule has 9 rings (SSSR count). The molecule has 92 heavy (non-hydrogen) atoms. The fourth-order valence-electron chi connectivity index (χ4n) is 7.82. The van der Waals surface area contributed by atoms with E-state index in [2.05, 4.69) is 41.5 Å². The summed E-state index contributed by atoms with van der Waals surface area (Å²) in [4.78, 5) is 64.9. The molecule has 8 aromatic rings. The number of carboxylic acid groups (broad SMARTS) is 1. The Morgan fingerprint density at radius 3 is 1.23 bits per heavy atom. The van der Waals surface area contributed by atoms with Crippen molar-refractivity contribution >= 4 is 69.5 Å². The molecule has 2 amide bonds. The Hall–Kier alpha value is -11.9. The summed E-state index contributed by atoms with van der Waals surface area (Å²) in [6.07, 6.45) is 2.11. The Balaban J connectivity index is 0.000000196. The van der Waals surface area contributed by atoms with E-state index >= 15 is 0 Å². The largest absolute Gasteiger partial charge is 0.478 e. The number of pyridine rings is 2. The minimum Gasteiger partial charge on any atom is -0.478 e. The van der Waals surface area contributed by atoms with Gasteiger partial charge in [-0.15, -0.1) is 0 Å². The number of amides is 2. The van der Waals surface area contributed by atoms with Gasteiger partial charge in [0.25, 0.3) is 11.8 Å². The number of hydrogen-bond donors (Lipinski definition) is 8. The van der Waals surface area contributed by atoms with Crippen molar-refractivity contribution in [1.29, 1.82) is 21.0 Å². The van der Waals surface area contributed by atoms with Crippen LogP contribution in [0.4, 0.5) is 72.1 Å². The zero-order valence-electron chi connectivity index (χ0n) is 49.4. The topological polar surface area (TPSA) is 330 Å². The predicted molar refractivity (Wildman–Crippen MR) is 323 cm³/mol. The molecule has 470 valence electrons. The van der Waals surface area contributed by atoms with Crippen molar-refractivity contribution < 1.29 is 70.1 Å². The lowest BCUT2D eigenvalue weighted by Crippen LogP contribution is -2.26. The van der Waals surface area contributed by atoms with E-state index in [4.69, 9.17) is 40.9 Å². The van der Waals surface area contributed by atoms with E-state index in [0.717, 1.165) is 30.0 Å². The van der Waals surface area contributed by atoms with Crippen LogP contribution in [0.5, 0.6) is 0 Å². The molecule has 0 radical (unpaired) electrons. The van der Waals surface area contributed by atoms with Gasteiger partial charge in [0.1, 0.15) is 81.7 Å². The molecule has 1 aliphatic rings. The maximum absolute atomic E-state index is 14.6. The Morgan fingerprint density at radius 2 is 0.880 bits per heavy atom. The number of esters is 1. The van der Waals surface area contributed by atoms with Crippen LogP contribution in [-0.2, 0) is 14.4 Å². The summed E-state index contributed by atoms with van der Waals surface area (Å²) in [6, 6.07) is 34.9. The van der Waals surface area contributed by atoms with Crippen LogP contribution < -0.4 is 32.2 Å². The first-order valence-electron chi connectivity index (χ1n) is 27.2. The molecular formula is C65H54F6N12O9. The number of nitrogens with one attached hydrogen (secondary N) is 6. The number of carbonyl (C=O) groups excluding carboxylic acids is 3. The third-order valence-electron chi connectivity index (χ3n) is 12.7. The van der Waals surface area contributed by atoms with E-state index < -0.39 is 58.7 Å². The fraction of sp³-hybridized carbons (Fsp3) is 0.169. The smallest absolute Gasteiger partial charge is 0.341 e. The number of hydroxylamine groups is 2. The van der Waals surface area contributed by atoms with Crippen molar-refractivity contribution in [3.8, 4) is 24.3 Å². The summed E-state index contributed by atoms with van der Waals surface area (Å²) in [7, 11) is 1.23. The average molecular weight is 1260 g/mol. The second-order valence-corrected chi connectivity index (χ2v) is 19.8. The number of aliphatic hydroxyl groups is 1. The normalized spacial score (nSPS) is 10.9. The Morgan fingerprint density at radius 1 is 0.511 bits per heavy atom. The molecule has 6 aromatic carbocycles. The molecule has 8 N–H and O–H groups in total. The van der Waals surface area contributed by atoms with Gasteiger partial charge in [-0.2, -0.15) is 21.0 Å². The molecule has 1 aliphatic carbocycles. The highest BCUT2D eigenvalue weighted by Gasteiger charge is 2.25. The summed E-state index contributed by atoms with van der Waals surface area (Å²) in [5.74, 6) is -7.03. The molecule has 0 atom stereocenters. The predicted octanol–water partition coefficient (Wildman–Crippen LogP) is 12.3. The number of carboxylic acids is 1. The zero-order valence-corrected chi connectivity index (χ0v) is 49.4. The van der Waals surface area contributed by atoms with E-state index in [9.17, 15) is 45.5 Å². The molecule has 2 heterocycles. The monoisotopic (exact) mass is 1260 g/mol. The molecule has 0 saturated heterocycles. The van der Waals surface area contributed by atoms with Gasteiger partial charge in [-0.1, -0.05) is 24.3 Å². The van der Waals surface area contributed by atoms with Crippen LogP contribution in [0.1, 0.15) is 99.0 Å². The Labute approximate surface area is 522 Å². The van der Waals surface area contributed by atoms with Crippen molar-refractivity contribution in [2.45, 2.75) is 40.5 Å².